The highest BCUT2D eigenvalue weighted by Gasteiger charge is 2.17. The number of anilines is 2. The number of nitrogens with one attached hydrogen (secondary N) is 1. The van der Waals surface area contributed by atoms with E-state index in [4.69, 9.17) is 0 Å². The Kier molecular flexibility index (Phi) is 5.45. The Hall–Kier alpha value is -2.99. The van der Waals surface area contributed by atoms with Crippen LogP contribution in [0, 0.1) is 13.8 Å². The first-order chi connectivity index (χ1) is 14.0. The molecule has 0 unspecified atom stereocenters. The summed E-state index contributed by atoms with van der Waals surface area (Å²) in [6.45, 7) is 6.08. The molecule has 2 aromatic carbocycles. The lowest BCUT2D eigenvalue weighted by Crippen LogP contribution is -2.07. The number of para-hydroxylation sites is 1. The van der Waals surface area contributed by atoms with Crippen LogP contribution in [0.2, 0.25) is 0 Å². The molecule has 4 rings (SSSR count). The fourth-order valence-electron chi connectivity index (χ4n) is 3.31. The lowest BCUT2D eigenvalue weighted by molar-refractivity contribution is 1.01. The number of rotatable bonds is 5. The average molecular weight is 448 g/mol. The van der Waals surface area contributed by atoms with Crippen molar-refractivity contribution < 1.29 is 0 Å². The van der Waals surface area contributed by atoms with Gasteiger partial charge in [0.05, 0.1) is 17.6 Å². The van der Waals surface area contributed by atoms with Crippen LogP contribution in [0.3, 0.4) is 0 Å². The van der Waals surface area contributed by atoms with E-state index < -0.39 is 0 Å². The Labute approximate surface area is 179 Å². The van der Waals surface area contributed by atoms with Gasteiger partial charge in [0.2, 0.25) is 11.9 Å². The van der Waals surface area contributed by atoms with Crippen LogP contribution in [0.1, 0.15) is 23.9 Å². The van der Waals surface area contributed by atoms with Crippen molar-refractivity contribution >= 4 is 27.8 Å². The molecule has 146 valence electrons. The van der Waals surface area contributed by atoms with Gasteiger partial charge < -0.3 is 0 Å². The summed E-state index contributed by atoms with van der Waals surface area (Å²) >= 11 is 3.68. The third kappa shape index (κ3) is 4.07. The zero-order valence-electron chi connectivity index (χ0n) is 16.6. The highest BCUT2D eigenvalue weighted by molar-refractivity contribution is 9.10. The van der Waals surface area contributed by atoms with Crippen LogP contribution in [0.4, 0.5) is 11.9 Å². The highest BCUT2D eigenvalue weighted by Crippen LogP contribution is 2.32. The number of benzene rings is 2. The van der Waals surface area contributed by atoms with Gasteiger partial charge in [0.1, 0.15) is 0 Å². The molecule has 0 aliphatic carbocycles. The minimum absolute atomic E-state index is 0.536. The van der Waals surface area contributed by atoms with E-state index in [1.807, 2.05) is 44.3 Å². The summed E-state index contributed by atoms with van der Waals surface area (Å²) < 4.78 is 3.07. The quantitative estimate of drug-likeness (QED) is 0.406. The van der Waals surface area contributed by atoms with Gasteiger partial charge in [-0.1, -0.05) is 43.3 Å². The second kappa shape index (κ2) is 8.17. The van der Waals surface area contributed by atoms with Crippen molar-refractivity contribution in [2.45, 2.75) is 27.2 Å². The molecule has 2 heterocycles. The molecule has 0 bridgehead atoms. The van der Waals surface area contributed by atoms with Crippen molar-refractivity contribution in [3.63, 3.8) is 0 Å². The molecular formula is C23H22BrN5. The van der Waals surface area contributed by atoms with Crippen molar-refractivity contribution in [1.82, 2.24) is 19.5 Å². The zero-order chi connectivity index (χ0) is 20.4. The molecule has 4 aromatic rings. The minimum atomic E-state index is 0.536. The smallest absolute Gasteiger partial charge is 0.229 e. The molecule has 0 saturated heterocycles. The molecule has 6 heteroatoms. The first-order valence-corrected chi connectivity index (χ1v) is 10.4. The van der Waals surface area contributed by atoms with Crippen LogP contribution >= 0.6 is 15.9 Å². The zero-order valence-corrected chi connectivity index (χ0v) is 18.2. The largest absolute Gasteiger partial charge is 0.294 e. The van der Waals surface area contributed by atoms with Gasteiger partial charge in [0.25, 0.3) is 0 Å². The average Bonchev–Trinajstić information content (AvgIpc) is 3.11. The third-order valence-electron chi connectivity index (χ3n) is 4.72. The monoisotopic (exact) mass is 447 g/mol. The van der Waals surface area contributed by atoms with Crippen LogP contribution in [0.25, 0.3) is 16.9 Å². The van der Waals surface area contributed by atoms with E-state index in [0.29, 0.717) is 11.9 Å². The Morgan fingerprint density at radius 3 is 2.31 bits per heavy atom. The summed E-state index contributed by atoms with van der Waals surface area (Å²) in [5.74, 6) is 1.20. The molecule has 0 fully saturated rings. The molecular weight excluding hydrogens is 426 g/mol. The van der Waals surface area contributed by atoms with E-state index >= 15 is 0 Å². The van der Waals surface area contributed by atoms with Gasteiger partial charge in [-0.05, 0) is 60.0 Å². The van der Waals surface area contributed by atoms with E-state index in [0.717, 1.165) is 39.2 Å². The summed E-state index contributed by atoms with van der Waals surface area (Å²) in [6, 6.07) is 18.6. The fraction of sp³-hybridized carbons (Fsp3) is 0.174. The van der Waals surface area contributed by atoms with E-state index in [1.54, 1.807) is 0 Å². The number of aromatic nitrogens is 4. The third-order valence-corrected chi connectivity index (χ3v) is 5.39. The Morgan fingerprint density at radius 1 is 0.966 bits per heavy atom. The van der Waals surface area contributed by atoms with Crippen molar-refractivity contribution in [3.8, 4) is 16.9 Å². The standard InChI is InChI=1S/C23H22BrN5/c1-4-17-9-11-18(12-10-17)21-14-25-23(28-22-26-15(2)13-16(3)27-22)29(21)20-8-6-5-7-19(20)24/h5-14H,4H2,1-3H3,(H,25,26,27,28). The number of imidazole rings is 1. The molecule has 0 aliphatic heterocycles. The SMILES string of the molecule is CCc1ccc(-c2cnc(Nc3nc(C)cc(C)n3)n2-c2ccccc2Br)cc1. The van der Waals surface area contributed by atoms with Crippen LogP contribution in [-0.2, 0) is 6.42 Å². The maximum Gasteiger partial charge on any atom is 0.229 e. The maximum atomic E-state index is 4.66. The first kappa shape index (κ1) is 19.3. The Balaban J connectivity index is 1.85. The second-order valence-electron chi connectivity index (χ2n) is 6.90. The van der Waals surface area contributed by atoms with Gasteiger partial charge in [0, 0.05) is 21.4 Å². The maximum absolute atomic E-state index is 4.66. The number of hydrogen-bond acceptors (Lipinski definition) is 4. The fourth-order valence-corrected chi connectivity index (χ4v) is 3.78. The summed E-state index contributed by atoms with van der Waals surface area (Å²) in [5, 5.41) is 3.30. The van der Waals surface area contributed by atoms with Crippen LogP contribution in [0.15, 0.2) is 65.3 Å². The molecule has 5 nitrogen and oxygen atoms in total. The predicted octanol–water partition coefficient (Wildman–Crippen LogP) is 6.01. The summed E-state index contributed by atoms with van der Waals surface area (Å²) in [6.07, 6.45) is 2.89. The van der Waals surface area contributed by atoms with E-state index in [9.17, 15) is 0 Å². The normalized spacial score (nSPS) is 10.9. The van der Waals surface area contributed by atoms with Crippen molar-refractivity contribution in [2.75, 3.05) is 5.32 Å². The molecule has 2 aromatic heterocycles. The van der Waals surface area contributed by atoms with Crippen LogP contribution < -0.4 is 5.32 Å². The summed E-state index contributed by atoms with van der Waals surface area (Å²) in [7, 11) is 0. The number of nitrogens with zero attached hydrogens (tertiary/aromatic N) is 4. The van der Waals surface area contributed by atoms with E-state index in [-0.39, 0.29) is 0 Å². The lowest BCUT2D eigenvalue weighted by atomic mass is 10.1. The number of halogens is 1. The molecule has 0 atom stereocenters. The van der Waals surface area contributed by atoms with Crippen molar-refractivity contribution in [3.05, 3.63) is 82.2 Å². The summed E-state index contributed by atoms with van der Waals surface area (Å²) in [4.78, 5) is 13.7. The van der Waals surface area contributed by atoms with Crippen molar-refractivity contribution in [2.24, 2.45) is 0 Å². The molecule has 1 N–H and O–H groups in total. The highest BCUT2D eigenvalue weighted by atomic mass is 79.9. The van der Waals surface area contributed by atoms with Gasteiger partial charge in [-0.25, -0.2) is 15.0 Å². The van der Waals surface area contributed by atoms with Crippen molar-refractivity contribution in [1.29, 1.82) is 0 Å². The van der Waals surface area contributed by atoms with Gasteiger partial charge in [0.15, 0.2) is 0 Å². The van der Waals surface area contributed by atoms with Gasteiger partial charge in [-0.15, -0.1) is 0 Å². The minimum Gasteiger partial charge on any atom is -0.294 e. The molecule has 0 aliphatic rings. The Morgan fingerprint density at radius 2 is 1.66 bits per heavy atom. The number of hydrogen-bond donors (Lipinski definition) is 1. The van der Waals surface area contributed by atoms with Gasteiger partial charge in [-0.3, -0.25) is 9.88 Å². The first-order valence-electron chi connectivity index (χ1n) is 9.56. The Bertz CT molecular complexity index is 1130. The van der Waals surface area contributed by atoms with Gasteiger partial charge in [-0.2, -0.15) is 0 Å². The van der Waals surface area contributed by atoms with Gasteiger partial charge >= 0.3 is 0 Å². The van der Waals surface area contributed by atoms with Crippen LogP contribution in [0.5, 0.6) is 0 Å². The molecule has 0 saturated carbocycles. The lowest BCUT2D eigenvalue weighted by Gasteiger charge is -2.15. The topological polar surface area (TPSA) is 55.6 Å². The predicted molar refractivity (Wildman–Crippen MR) is 121 cm³/mol. The van der Waals surface area contributed by atoms with E-state index in [2.05, 4.69) is 78.0 Å². The van der Waals surface area contributed by atoms with E-state index in [1.165, 1.54) is 5.56 Å². The van der Waals surface area contributed by atoms with Crippen LogP contribution in [-0.4, -0.2) is 19.5 Å². The molecule has 0 radical (unpaired) electrons. The molecule has 0 spiro atoms. The molecule has 0 amide bonds. The molecule has 29 heavy (non-hydrogen) atoms. The number of aryl methyl sites for hydroxylation is 3. The second-order valence-corrected chi connectivity index (χ2v) is 7.76. The summed E-state index contributed by atoms with van der Waals surface area (Å²) in [5.41, 5.74) is 6.21.